The van der Waals surface area contributed by atoms with E-state index in [2.05, 4.69) is 20.3 Å². The number of fused-ring (bicyclic) bond motifs is 1. The van der Waals surface area contributed by atoms with Crippen molar-refractivity contribution in [3.63, 3.8) is 0 Å². The van der Waals surface area contributed by atoms with E-state index in [4.69, 9.17) is 4.74 Å². The van der Waals surface area contributed by atoms with Gasteiger partial charge in [0.2, 0.25) is 5.95 Å². The van der Waals surface area contributed by atoms with E-state index in [0.29, 0.717) is 11.5 Å². The van der Waals surface area contributed by atoms with E-state index in [1.54, 1.807) is 24.9 Å². The van der Waals surface area contributed by atoms with E-state index in [-0.39, 0.29) is 5.56 Å². The summed E-state index contributed by atoms with van der Waals surface area (Å²) in [6.45, 7) is 3.93. The summed E-state index contributed by atoms with van der Waals surface area (Å²) in [5, 5.41) is 4.25. The van der Waals surface area contributed by atoms with Crippen molar-refractivity contribution < 1.29 is 4.74 Å². The molecule has 0 atom stereocenters. The van der Waals surface area contributed by atoms with Gasteiger partial charge in [-0.15, -0.1) is 0 Å². The summed E-state index contributed by atoms with van der Waals surface area (Å²) >= 11 is 0. The zero-order chi connectivity index (χ0) is 23.8. The molecule has 0 amide bonds. The predicted molar refractivity (Wildman–Crippen MR) is 136 cm³/mol. The molecule has 0 fully saturated rings. The van der Waals surface area contributed by atoms with Gasteiger partial charge in [0.05, 0.1) is 24.5 Å². The summed E-state index contributed by atoms with van der Waals surface area (Å²) in [7, 11) is 3.45. The Labute approximate surface area is 197 Å². The van der Waals surface area contributed by atoms with Crippen molar-refractivity contribution in [2.24, 2.45) is 7.05 Å². The lowest BCUT2D eigenvalue weighted by Crippen LogP contribution is -2.19. The lowest BCUT2D eigenvalue weighted by atomic mass is 9.99. The fourth-order valence-corrected chi connectivity index (χ4v) is 4.09. The molecule has 2 N–H and O–H groups in total. The Morgan fingerprint density at radius 2 is 1.74 bits per heavy atom. The number of aromatic amines is 1. The fraction of sp³-hybridized carbons (Fsp3) is 0.148. The van der Waals surface area contributed by atoms with Crippen molar-refractivity contribution >= 4 is 22.5 Å². The average Bonchev–Trinajstić information content (AvgIpc) is 3.31. The SMILES string of the molecule is COc1ccc(-c2cnc(Nc3ccc(C)c(-c4cc5cnc(C)cc5n(C)c4=O)c3)[nH]2)cc1. The van der Waals surface area contributed by atoms with Crippen LogP contribution in [0.2, 0.25) is 0 Å². The number of ether oxygens (including phenoxy) is 1. The normalized spacial score (nSPS) is 11.1. The monoisotopic (exact) mass is 451 g/mol. The molecular formula is C27H25N5O2. The van der Waals surface area contributed by atoms with E-state index < -0.39 is 0 Å². The van der Waals surface area contributed by atoms with Gasteiger partial charge in [-0.2, -0.15) is 0 Å². The molecule has 0 spiro atoms. The van der Waals surface area contributed by atoms with Crippen LogP contribution >= 0.6 is 0 Å². The molecule has 0 saturated carbocycles. The minimum Gasteiger partial charge on any atom is -0.497 e. The first-order valence-electron chi connectivity index (χ1n) is 11.0. The standard InChI is InChI=1S/C27H25N5O2/c1-16-5-8-20(30-27-29-15-24(31-27)18-6-9-21(34-4)10-7-18)13-22(16)23-12-19-14-28-17(2)11-25(19)32(3)26(23)33/h5-15H,1-4H3,(H2,29,30,31). The minimum atomic E-state index is -0.0434. The molecule has 170 valence electrons. The molecular weight excluding hydrogens is 426 g/mol. The van der Waals surface area contributed by atoms with E-state index >= 15 is 0 Å². The third-order valence-electron chi connectivity index (χ3n) is 6.01. The second-order valence-corrected chi connectivity index (χ2v) is 8.34. The molecule has 0 saturated heterocycles. The van der Waals surface area contributed by atoms with Crippen LogP contribution in [0.4, 0.5) is 11.6 Å². The van der Waals surface area contributed by atoms with Gasteiger partial charge in [-0.1, -0.05) is 6.07 Å². The van der Waals surface area contributed by atoms with Crippen LogP contribution in [-0.4, -0.2) is 26.6 Å². The number of methoxy groups -OCH3 is 1. The highest BCUT2D eigenvalue weighted by molar-refractivity contribution is 5.85. The predicted octanol–water partition coefficient (Wildman–Crippen LogP) is 5.36. The van der Waals surface area contributed by atoms with Gasteiger partial charge >= 0.3 is 0 Å². The number of nitrogens with zero attached hydrogens (tertiary/aromatic N) is 3. The maximum absolute atomic E-state index is 13.2. The number of aryl methyl sites for hydroxylation is 3. The van der Waals surface area contributed by atoms with Crippen LogP contribution in [0.3, 0.4) is 0 Å². The number of H-pyrrole nitrogens is 1. The van der Waals surface area contributed by atoms with Gasteiger partial charge in [0, 0.05) is 35.6 Å². The molecule has 0 bridgehead atoms. The Kier molecular flexibility index (Phi) is 5.37. The first kappa shape index (κ1) is 21.5. The van der Waals surface area contributed by atoms with Crippen LogP contribution in [0.5, 0.6) is 5.75 Å². The number of hydrogen-bond donors (Lipinski definition) is 2. The van der Waals surface area contributed by atoms with Gasteiger partial charge in [0.1, 0.15) is 5.75 Å². The molecule has 7 heteroatoms. The molecule has 0 aliphatic carbocycles. The lowest BCUT2D eigenvalue weighted by molar-refractivity contribution is 0.415. The van der Waals surface area contributed by atoms with Crippen molar-refractivity contribution in [3.05, 3.63) is 88.6 Å². The molecule has 0 aliphatic rings. The van der Waals surface area contributed by atoms with E-state index in [0.717, 1.165) is 50.4 Å². The van der Waals surface area contributed by atoms with Crippen molar-refractivity contribution in [3.8, 4) is 28.1 Å². The van der Waals surface area contributed by atoms with Crippen molar-refractivity contribution in [2.45, 2.75) is 13.8 Å². The summed E-state index contributed by atoms with van der Waals surface area (Å²) in [6, 6.07) is 17.6. The van der Waals surface area contributed by atoms with Crippen LogP contribution in [0.25, 0.3) is 33.3 Å². The molecule has 3 aromatic heterocycles. The molecule has 5 rings (SSSR count). The van der Waals surface area contributed by atoms with Crippen LogP contribution in [0, 0.1) is 13.8 Å². The molecule has 5 aromatic rings. The van der Waals surface area contributed by atoms with Crippen molar-refractivity contribution in [1.82, 2.24) is 19.5 Å². The summed E-state index contributed by atoms with van der Waals surface area (Å²) in [5.41, 5.74) is 6.97. The molecule has 0 aliphatic heterocycles. The lowest BCUT2D eigenvalue weighted by Gasteiger charge is -2.13. The second-order valence-electron chi connectivity index (χ2n) is 8.34. The highest BCUT2D eigenvalue weighted by Gasteiger charge is 2.13. The Morgan fingerprint density at radius 1 is 0.941 bits per heavy atom. The van der Waals surface area contributed by atoms with Crippen LogP contribution < -0.4 is 15.6 Å². The number of rotatable bonds is 5. The number of anilines is 2. The number of benzene rings is 2. The van der Waals surface area contributed by atoms with Gasteiger partial charge in [-0.3, -0.25) is 9.78 Å². The Balaban J connectivity index is 1.48. The van der Waals surface area contributed by atoms with Crippen LogP contribution in [0.1, 0.15) is 11.3 Å². The molecule has 0 radical (unpaired) electrons. The van der Waals surface area contributed by atoms with Crippen LogP contribution in [0.15, 0.2) is 71.8 Å². The zero-order valence-corrected chi connectivity index (χ0v) is 19.5. The number of hydrogen-bond acceptors (Lipinski definition) is 5. The number of nitrogens with one attached hydrogen (secondary N) is 2. The largest absolute Gasteiger partial charge is 0.497 e. The summed E-state index contributed by atoms with van der Waals surface area (Å²) in [5.74, 6) is 1.42. The molecule has 34 heavy (non-hydrogen) atoms. The minimum absolute atomic E-state index is 0.0434. The maximum atomic E-state index is 13.2. The Bertz CT molecular complexity index is 1570. The van der Waals surface area contributed by atoms with Gasteiger partial charge in [0.15, 0.2) is 0 Å². The number of imidazole rings is 1. The van der Waals surface area contributed by atoms with Gasteiger partial charge in [0.25, 0.3) is 5.56 Å². The van der Waals surface area contributed by atoms with E-state index in [1.165, 1.54) is 0 Å². The fourth-order valence-electron chi connectivity index (χ4n) is 4.09. The summed E-state index contributed by atoms with van der Waals surface area (Å²) < 4.78 is 6.91. The Hall–Kier alpha value is -4.39. The van der Waals surface area contributed by atoms with Gasteiger partial charge in [-0.25, -0.2) is 4.98 Å². The first-order chi connectivity index (χ1) is 16.4. The van der Waals surface area contributed by atoms with E-state index in [9.17, 15) is 4.79 Å². The molecule has 7 nitrogen and oxygen atoms in total. The van der Waals surface area contributed by atoms with Gasteiger partial charge < -0.3 is 19.6 Å². The molecule has 3 heterocycles. The van der Waals surface area contributed by atoms with Gasteiger partial charge in [-0.05, 0) is 79.1 Å². The van der Waals surface area contributed by atoms with E-state index in [1.807, 2.05) is 74.6 Å². The second kappa shape index (κ2) is 8.51. The Morgan fingerprint density at radius 3 is 2.50 bits per heavy atom. The topological polar surface area (TPSA) is 84.8 Å². The third kappa shape index (κ3) is 3.92. The summed E-state index contributed by atoms with van der Waals surface area (Å²) in [4.78, 5) is 25.4. The van der Waals surface area contributed by atoms with Crippen molar-refractivity contribution in [1.29, 1.82) is 0 Å². The number of aromatic nitrogens is 4. The quantitative estimate of drug-likeness (QED) is 0.376. The smallest absolute Gasteiger partial charge is 0.258 e. The highest BCUT2D eigenvalue weighted by Crippen LogP contribution is 2.28. The van der Waals surface area contributed by atoms with Crippen LogP contribution in [-0.2, 0) is 7.05 Å². The number of pyridine rings is 2. The maximum Gasteiger partial charge on any atom is 0.258 e. The zero-order valence-electron chi connectivity index (χ0n) is 19.5. The third-order valence-corrected chi connectivity index (χ3v) is 6.01. The summed E-state index contributed by atoms with van der Waals surface area (Å²) in [6.07, 6.45) is 3.60. The molecule has 2 aromatic carbocycles. The molecule has 0 unspecified atom stereocenters. The van der Waals surface area contributed by atoms with Crippen molar-refractivity contribution in [2.75, 3.05) is 12.4 Å². The average molecular weight is 452 g/mol. The highest BCUT2D eigenvalue weighted by atomic mass is 16.5. The first-order valence-corrected chi connectivity index (χ1v) is 11.0.